The van der Waals surface area contributed by atoms with E-state index in [1.807, 2.05) is 24.3 Å². The smallest absolute Gasteiger partial charge is 0.262 e. The number of aliphatic imine (C=N–C) groups is 1. The molecule has 3 aromatic carbocycles. The zero-order chi connectivity index (χ0) is 25.9. The maximum Gasteiger partial charge on any atom is 0.262 e. The van der Waals surface area contributed by atoms with E-state index in [0.717, 1.165) is 22.6 Å². The first-order valence-electron chi connectivity index (χ1n) is 11.5. The number of halogens is 2. The molecule has 188 valence electrons. The van der Waals surface area contributed by atoms with Crippen LogP contribution in [0.4, 0.5) is 10.1 Å². The van der Waals surface area contributed by atoms with E-state index in [-0.39, 0.29) is 24.2 Å². The third-order valence-electron chi connectivity index (χ3n) is 5.99. The van der Waals surface area contributed by atoms with Gasteiger partial charge < -0.3 is 10.1 Å². The van der Waals surface area contributed by atoms with E-state index in [0.29, 0.717) is 22.3 Å². The van der Waals surface area contributed by atoms with Gasteiger partial charge in [0.1, 0.15) is 16.8 Å². The molecule has 0 bridgehead atoms. The number of hydrogen-bond donors (Lipinski definition) is 1. The number of benzene rings is 3. The lowest BCUT2D eigenvalue weighted by atomic mass is 9.98. The lowest BCUT2D eigenvalue weighted by Crippen LogP contribution is -2.25. The topological polar surface area (TPSA) is 83.4 Å². The number of hydrazone groups is 1. The first-order valence-corrected chi connectivity index (χ1v) is 12.8. The second-order valence-corrected chi connectivity index (χ2v) is 10.1. The summed E-state index contributed by atoms with van der Waals surface area (Å²) in [6.45, 7) is 0. The number of carbonyl (C=O) groups is 2. The van der Waals surface area contributed by atoms with Crippen molar-refractivity contribution in [2.45, 2.75) is 24.1 Å². The predicted molar refractivity (Wildman–Crippen MR) is 144 cm³/mol. The van der Waals surface area contributed by atoms with Crippen molar-refractivity contribution in [1.82, 2.24) is 5.01 Å². The Balaban J connectivity index is 1.35. The van der Waals surface area contributed by atoms with Crippen LogP contribution in [-0.2, 0) is 9.59 Å². The van der Waals surface area contributed by atoms with Crippen LogP contribution < -0.4 is 10.1 Å². The van der Waals surface area contributed by atoms with Gasteiger partial charge in [-0.2, -0.15) is 10.1 Å². The molecule has 2 amide bonds. The molecule has 2 aliphatic heterocycles. The van der Waals surface area contributed by atoms with Gasteiger partial charge in [0, 0.05) is 23.6 Å². The molecule has 2 atom stereocenters. The van der Waals surface area contributed by atoms with Gasteiger partial charge in [0.2, 0.25) is 5.91 Å². The quantitative estimate of drug-likeness (QED) is 0.439. The molecule has 5 rings (SSSR count). The Hall–Kier alpha value is -3.69. The third kappa shape index (κ3) is 5.68. The highest BCUT2D eigenvalue weighted by atomic mass is 35.5. The molecule has 0 unspecified atom stereocenters. The summed E-state index contributed by atoms with van der Waals surface area (Å²) in [5.74, 6) is -0.316. The number of thioether (sulfide) groups is 1. The molecule has 0 saturated carbocycles. The van der Waals surface area contributed by atoms with E-state index in [1.165, 1.54) is 23.9 Å². The number of carbonyl (C=O) groups excluding carboxylic acids is 2. The first kappa shape index (κ1) is 25.0. The lowest BCUT2D eigenvalue weighted by Gasteiger charge is -2.23. The average molecular weight is 537 g/mol. The van der Waals surface area contributed by atoms with Crippen molar-refractivity contribution in [3.63, 3.8) is 0 Å². The van der Waals surface area contributed by atoms with Crippen molar-refractivity contribution in [3.05, 3.63) is 94.8 Å². The number of amidine groups is 1. The number of nitrogens with zero attached hydrogens (tertiary/aromatic N) is 3. The Morgan fingerprint density at radius 2 is 1.92 bits per heavy atom. The average Bonchev–Trinajstić information content (AvgIpc) is 3.48. The number of ether oxygens (including phenoxy) is 1. The largest absolute Gasteiger partial charge is 0.497 e. The van der Waals surface area contributed by atoms with E-state index in [9.17, 15) is 14.0 Å². The SMILES string of the molecule is COc1ccc(C2=NN(C3=NC(=O)[C@@H](CC(=O)Nc4cccc(Cl)c4)S3)[C@H](c3ccc(F)cc3)C2)cc1. The molecule has 2 heterocycles. The van der Waals surface area contributed by atoms with Crippen LogP contribution in [0.5, 0.6) is 5.75 Å². The van der Waals surface area contributed by atoms with Gasteiger partial charge in [-0.25, -0.2) is 9.40 Å². The highest BCUT2D eigenvalue weighted by Crippen LogP contribution is 2.38. The molecular formula is C27H22ClFN4O3S. The first-order chi connectivity index (χ1) is 17.9. The minimum Gasteiger partial charge on any atom is -0.497 e. The number of nitrogens with one attached hydrogen (secondary N) is 1. The summed E-state index contributed by atoms with van der Waals surface area (Å²) in [5.41, 5.74) is 3.10. The van der Waals surface area contributed by atoms with Gasteiger partial charge in [0.25, 0.3) is 5.91 Å². The monoisotopic (exact) mass is 536 g/mol. The van der Waals surface area contributed by atoms with Crippen molar-refractivity contribution in [2.24, 2.45) is 10.1 Å². The standard InChI is InChI=1S/C27H22ClFN4O3S/c1-36-21-11-7-16(8-12-21)22-14-23(17-5-9-19(29)10-6-17)33(32-22)27-31-26(35)24(37-27)15-25(34)30-20-4-2-3-18(28)13-20/h2-13,23-24H,14-15H2,1H3,(H,30,34)/t23-,24+/m0/s1. The highest BCUT2D eigenvalue weighted by Gasteiger charge is 2.39. The molecule has 1 N–H and O–H groups in total. The van der Waals surface area contributed by atoms with E-state index >= 15 is 0 Å². The summed E-state index contributed by atoms with van der Waals surface area (Å²) < 4.78 is 18.9. The molecule has 0 saturated heterocycles. The van der Waals surface area contributed by atoms with Crippen LogP contribution in [0.15, 0.2) is 82.9 Å². The van der Waals surface area contributed by atoms with E-state index in [4.69, 9.17) is 21.4 Å². The van der Waals surface area contributed by atoms with Gasteiger partial charge in [0.05, 0.1) is 18.9 Å². The summed E-state index contributed by atoms with van der Waals surface area (Å²) in [6, 6.07) is 20.3. The number of rotatable bonds is 6. The van der Waals surface area contributed by atoms with Gasteiger partial charge in [-0.05, 0) is 65.7 Å². The van der Waals surface area contributed by atoms with Crippen LogP contribution in [0.2, 0.25) is 5.02 Å². The summed E-state index contributed by atoms with van der Waals surface area (Å²) in [5, 5.41) is 9.49. The number of methoxy groups -OCH3 is 1. The van der Waals surface area contributed by atoms with Crippen LogP contribution in [-0.4, -0.2) is 40.1 Å². The fraction of sp³-hybridized carbons (Fsp3) is 0.185. The summed E-state index contributed by atoms with van der Waals surface area (Å²) in [6.07, 6.45) is 0.485. The third-order valence-corrected chi connectivity index (χ3v) is 7.37. The van der Waals surface area contributed by atoms with Gasteiger partial charge in [-0.1, -0.05) is 41.6 Å². The molecule has 3 aromatic rings. The Labute approximate surface area is 222 Å². The van der Waals surface area contributed by atoms with Crippen LogP contribution in [0.1, 0.15) is 30.0 Å². The Bertz CT molecular complexity index is 1400. The van der Waals surface area contributed by atoms with Crippen molar-refractivity contribution in [3.8, 4) is 5.75 Å². The molecule has 37 heavy (non-hydrogen) atoms. The molecule has 0 aliphatic carbocycles. The van der Waals surface area contributed by atoms with Crippen molar-refractivity contribution >= 4 is 51.7 Å². The maximum absolute atomic E-state index is 13.6. The minimum atomic E-state index is -0.678. The minimum absolute atomic E-state index is 0.0485. The van der Waals surface area contributed by atoms with E-state index < -0.39 is 11.2 Å². The fourth-order valence-electron chi connectivity index (χ4n) is 4.14. The lowest BCUT2D eigenvalue weighted by molar-refractivity contribution is -0.121. The molecule has 0 radical (unpaired) electrons. The Morgan fingerprint density at radius 3 is 2.62 bits per heavy atom. The molecular weight excluding hydrogens is 515 g/mol. The summed E-state index contributed by atoms with van der Waals surface area (Å²) in [4.78, 5) is 29.6. The molecule has 2 aliphatic rings. The van der Waals surface area contributed by atoms with E-state index in [2.05, 4.69) is 10.3 Å². The predicted octanol–water partition coefficient (Wildman–Crippen LogP) is 5.67. The van der Waals surface area contributed by atoms with Crippen molar-refractivity contribution in [1.29, 1.82) is 0 Å². The Morgan fingerprint density at radius 1 is 1.16 bits per heavy atom. The summed E-state index contributed by atoms with van der Waals surface area (Å²) in [7, 11) is 1.60. The van der Waals surface area contributed by atoms with Crippen LogP contribution in [0.25, 0.3) is 0 Å². The molecule has 0 spiro atoms. The van der Waals surface area contributed by atoms with Crippen LogP contribution in [0.3, 0.4) is 0 Å². The van der Waals surface area contributed by atoms with Crippen LogP contribution >= 0.6 is 23.4 Å². The Kier molecular flexibility index (Phi) is 7.25. The van der Waals surface area contributed by atoms with Gasteiger partial charge in [-0.3, -0.25) is 9.59 Å². The zero-order valence-electron chi connectivity index (χ0n) is 19.7. The van der Waals surface area contributed by atoms with Crippen molar-refractivity contribution < 1.29 is 18.7 Å². The van der Waals surface area contributed by atoms with Crippen LogP contribution in [0, 0.1) is 5.82 Å². The second kappa shape index (κ2) is 10.7. The molecule has 7 nitrogen and oxygen atoms in total. The number of anilines is 1. The number of amides is 2. The van der Waals surface area contributed by atoms with E-state index in [1.54, 1.807) is 48.5 Å². The number of hydrogen-bond acceptors (Lipinski definition) is 6. The van der Waals surface area contributed by atoms with Crippen molar-refractivity contribution in [2.75, 3.05) is 12.4 Å². The fourth-order valence-corrected chi connectivity index (χ4v) is 5.39. The summed E-state index contributed by atoms with van der Waals surface area (Å²) >= 11 is 7.19. The maximum atomic E-state index is 13.6. The molecule has 0 aromatic heterocycles. The molecule has 0 fully saturated rings. The van der Waals surface area contributed by atoms with Gasteiger partial charge in [-0.15, -0.1) is 0 Å². The zero-order valence-corrected chi connectivity index (χ0v) is 21.3. The normalized spacial score (nSPS) is 19.0. The van der Waals surface area contributed by atoms with Gasteiger partial charge in [0.15, 0.2) is 5.17 Å². The highest BCUT2D eigenvalue weighted by molar-refractivity contribution is 8.15. The second-order valence-electron chi connectivity index (χ2n) is 8.49. The van der Waals surface area contributed by atoms with Gasteiger partial charge >= 0.3 is 0 Å². The molecule has 10 heteroatoms.